The number of carboxylic acid groups (broad SMARTS) is 1. The van der Waals surface area contributed by atoms with Crippen LogP contribution in [0.2, 0.25) is 0 Å². The summed E-state index contributed by atoms with van der Waals surface area (Å²) in [7, 11) is 0. The minimum absolute atomic E-state index is 0.0683. The summed E-state index contributed by atoms with van der Waals surface area (Å²) in [4.78, 5) is 34.3. The zero-order chi connectivity index (χ0) is 15.4. The highest BCUT2D eigenvalue weighted by Crippen LogP contribution is 2.13. The number of hydrogen-bond donors (Lipinski definition) is 4. The van der Waals surface area contributed by atoms with Crippen molar-refractivity contribution in [1.29, 1.82) is 0 Å². The van der Waals surface area contributed by atoms with Gasteiger partial charge in [0.25, 0.3) is 0 Å². The highest BCUT2D eigenvalue weighted by Gasteiger charge is 2.33. The van der Waals surface area contributed by atoms with Crippen LogP contribution in [-0.4, -0.2) is 40.1 Å². The van der Waals surface area contributed by atoms with Crippen LogP contribution in [0.15, 0.2) is 24.3 Å². The predicted molar refractivity (Wildman–Crippen MR) is 72.5 cm³/mol. The van der Waals surface area contributed by atoms with E-state index in [1.54, 1.807) is 12.1 Å². The molecule has 0 radical (unpaired) electrons. The molecule has 1 aromatic carbocycles. The summed E-state index contributed by atoms with van der Waals surface area (Å²) in [6.45, 7) is 0. The van der Waals surface area contributed by atoms with Crippen molar-refractivity contribution < 1.29 is 24.6 Å². The van der Waals surface area contributed by atoms with Crippen molar-refractivity contribution in [2.24, 2.45) is 0 Å². The van der Waals surface area contributed by atoms with Gasteiger partial charge in [0.05, 0.1) is 0 Å². The summed E-state index contributed by atoms with van der Waals surface area (Å²) >= 11 is 0. The van der Waals surface area contributed by atoms with Gasteiger partial charge in [-0.1, -0.05) is 12.1 Å². The number of carboxylic acids is 1. The van der Waals surface area contributed by atoms with Crippen LogP contribution in [0.25, 0.3) is 0 Å². The van der Waals surface area contributed by atoms with Crippen LogP contribution in [0.4, 0.5) is 0 Å². The van der Waals surface area contributed by atoms with Crippen LogP contribution < -0.4 is 10.6 Å². The van der Waals surface area contributed by atoms with Crippen molar-refractivity contribution in [3.8, 4) is 5.75 Å². The summed E-state index contributed by atoms with van der Waals surface area (Å²) in [5, 5.41) is 22.9. The van der Waals surface area contributed by atoms with Crippen molar-refractivity contribution >= 4 is 17.8 Å². The van der Waals surface area contributed by atoms with Gasteiger partial charge in [-0.2, -0.15) is 0 Å². The van der Waals surface area contributed by atoms with Gasteiger partial charge in [0.15, 0.2) is 0 Å². The number of phenols is 1. The summed E-state index contributed by atoms with van der Waals surface area (Å²) in [5.41, 5.74) is 0.803. The second kappa shape index (κ2) is 6.25. The normalized spacial score (nSPS) is 21.5. The average Bonchev–Trinajstić information content (AvgIpc) is 2.43. The van der Waals surface area contributed by atoms with Crippen molar-refractivity contribution in [2.75, 3.05) is 0 Å². The molecule has 0 aromatic heterocycles. The van der Waals surface area contributed by atoms with E-state index >= 15 is 0 Å². The molecule has 7 nitrogen and oxygen atoms in total. The molecule has 0 bridgehead atoms. The minimum Gasteiger partial charge on any atom is -0.508 e. The third kappa shape index (κ3) is 3.95. The second-order valence-electron chi connectivity index (χ2n) is 4.93. The van der Waals surface area contributed by atoms with E-state index in [1.165, 1.54) is 12.1 Å². The first kappa shape index (κ1) is 14.8. The van der Waals surface area contributed by atoms with E-state index in [0.29, 0.717) is 6.42 Å². The van der Waals surface area contributed by atoms with E-state index in [2.05, 4.69) is 10.6 Å². The van der Waals surface area contributed by atoms with E-state index < -0.39 is 18.1 Å². The van der Waals surface area contributed by atoms with Gasteiger partial charge in [-0.05, 0) is 24.1 Å². The Kier molecular flexibility index (Phi) is 4.42. The number of aromatic hydroxyl groups is 1. The smallest absolute Gasteiger partial charge is 0.303 e. The van der Waals surface area contributed by atoms with Gasteiger partial charge in [-0.3, -0.25) is 14.4 Å². The molecule has 21 heavy (non-hydrogen) atoms. The lowest BCUT2D eigenvalue weighted by atomic mass is 10.0. The van der Waals surface area contributed by atoms with Gasteiger partial charge in [0.1, 0.15) is 17.8 Å². The van der Waals surface area contributed by atoms with Gasteiger partial charge in [-0.25, -0.2) is 0 Å². The Morgan fingerprint density at radius 1 is 1.05 bits per heavy atom. The summed E-state index contributed by atoms with van der Waals surface area (Å²) in [6, 6.07) is 4.87. The van der Waals surface area contributed by atoms with E-state index in [-0.39, 0.29) is 30.4 Å². The fraction of sp³-hybridized carbons (Fsp3) is 0.357. The molecule has 1 fully saturated rings. The van der Waals surface area contributed by atoms with Crippen LogP contribution in [-0.2, 0) is 20.8 Å². The molecule has 1 aliphatic heterocycles. The lowest BCUT2D eigenvalue weighted by Crippen LogP contribution is -2.62. The lowest BCUT2D eigenvalue weighted by Gasteiger charge is -2.29. The molecule has 1 aliphatic rings. The zero-order valence-corrected chi connectivity index (χ0v) is 11.2. The summed E-state index contributed by atoms with van der Waals surface area (Å²) < 4.78 is 0. The van der Waals surface area contributed by atoms with Crippen molar-refractivity contribution in [3.63, 3.8) is 0 Å². The fourth-order valence-corrected chi connectivity index (χ4v) is 2.16. The Morgan fingerprint density at radius 2 is 1.62 bits per heavy atom. The Labute approximate surface area is 121 Å². The van der Waals surface area contributed by atoms with Crippen LogP contribution in [0.1, 0.15) is 18.4 Å². The molecular weight excluding hydrogens is 276 g/mol. The molecule has 2 amide bonds. The number of phenolic OH excluding ortho intramolecular Hbond substituents is 1. The first-order chi connectivity index (χ1) is 9.95. The highest BCUT2D eigenvalue weighted by atomic mass is 16.4. The molecule has 7 heteroatoms. The van der Waals surface area contributed by atoms with Crippen molar-refractivity contribution in [1.82, 2.24) is 10.6 Å². The topological polar surface area (TPSA) is 116 Å². The van der Waals surface area contributed by atoms with Crippen molar-refractivity contribution in [2.45, 2.75) is 31.3 Å². The molecule has 1 aromatic rings. The molecule has 2 atom stereocenters. The van der Waals surface area contributed by atoms with E-state index in [1.807, 2.05) is 0 Å². The number of piperazine rings is 1. The van der Waals surface area contributed by atoms with Gasteiger partial charge in [-0.15, -0.1) is 0 Å². The quantitative estimate of drug-likeness (QED) is 0.599. The summed E-state index contributed by atoms with van der Waals surface area (Å²) in [6.07, 6.45) is 0.198. The van der Waals surface area contributed by atoms with Gasteiger partial charge < -0.3 is 20.8 Å². The van der Waals surface area contributed by atoms with Gasteiger partial charge >= 0.3 is 5.97 Å². The monoisotopic (exact) mass is 292 g/mol. The molecule has 1 saturated heterocycles. The zero-order valence-electron chi connectivity index (χ0n) is 11.2. The SMILES string of the molecule is O=C(O)CC[C@@H]1NC(=O)[C@H](Cc2ccc(O)cc2)NC1=O. The molecule has 0 aliphatic carbocycles. The van der Waals surface area contributed by atoms with Gasteiger partial charge in [0, 0.05) is 12.8 Å². The Balaban J connectivity index is 1.95. The number of amides is 2. The lowest BCUT2D eigenvalue weighted by molar-refractivity contribution is -0.139. The first-order valence-electron chi connectivity index (χ1n) is 6.56. The fourth-order valence-electron chi connectivity index (χ4n) is 2.16. The maximum Gasteiger partial charge on any atom is 0.303 e. The minimum atomic E-state index is -1.01. The standard InChI is InChI=1S/C14H16N2O5/c17-9-3-1-8(2-4-9)7-11-14(21)15-10(13(20)16-11)5-6-12(18)19/h1-4,10-11,17H,5-7H2,(H,15,21)(H,16,20)(H,18,19)/t10-,11-/m0/s1. The largest absolute Gasteiger partial charge is 0.508 e. The molecular formula is C14H16N2O5. The summed E-state index contributed by atoms with van der Waals surface area (Å²) in [5.74, 6) is -1.59. The molecule has 0 unspecified atom stereocenters. The van der Waals surface area contributed by atoms with Crippen LogP contribution in [0.3, 0.4) is 0 Å². The number of aliphatic carboxylic acids is 1. The van der Waals surface area contributed by atoms with Crippen molar-refractivity contribution in [3.05, 3.63) is 29.8 Å². The maximum absolute atomic E-state index is 11.9. The highest BCUT2D eigenvalue weighted by molar-refractivity contribution is 5.97. The van der Waals surface area contributed by atoms with E-state index in [9.17, 15) is 19.5 Å². The predicted octanol–water partition coefficient (Wildman–Crippen LogP) is -0.217. The third-order valence-corrected chi connectivity index (χ3v) is 3.29. The van der Waals surface area contributed by atoms with E-state index in [4.69, 9.17) is 5.11 Å². The second-order valence-corrected chi connectivity index (χ2v) is 4.93. The first-order valence-corrected chi connectivity index (χ1v) is 6.56. The molecule has 2 rings (SSSR count). The molecule has 1 heterocycles. The van der Waals surface area contributed by atoms with E-state index in [0.717, 1.165) is 5.56 Å². The Bertz CT molecular complexity index is 555. The Morgan fingerprint density at radius 3 is 2.24 bits per heavy atom. The number of nitrogens with one attached hydrogen (secondary N) is 2. The van der Waals surface area contributed by atoms with Gasteiger partial charge in [0.2, 0.25) is 11.8 Å². The molecule has 0 saturated carbocycles. The number of benzene rings is 1. The number of rotatable bonds is 5. The van der Waals surface area contributed by atoms with Crippen LogP contribution >= 0.6 is 0 Å². The molecule has 112 valence electrons. The number of hydrogen-bond acceptors (Lipinski definition) is 4. The third-order valence-electron chi connectivity index (χ3n) is 3.29. The number of carbonyl (C=O) groups excluding carboxylic acids is 2. The average molecular weight is 292 g/mol. The number of carbonyl (C=O) groups is 3. The van der Waals surface area contributed by atoms with Crippen LogP contribution in [0.5, 0.6) is 5.75 Å². The molecule has 0 spiro atoms. The Hall–Kier alpha value is -2.57. The maximum atomic E-state index is 11.9. The van der Waals surface area contributed by atoms with Crippen LogP contribution in [0, 0.1) is 0 Å². The molecule has 4 N–H and O–H groups in total.